The van der Waals surface area contributed by atoms with E-state index < -0.39 is 0 Å². The lowest BCUT2D eigenvalue weighted by molar-refractivity contribution is 0.235. The van der Waals surface area contributed by atoms with Crippen molar-refractivity contribution < 1.29 is 0 Å². The van der Waals surface area contributed by atoms with Crippen LogP contribution < -0.4 is 5.32 Å². The molecule has 0 bridgehead atoms. The molecule has 0 saturated heterocycles. The number of nitriles is 1. The summed E-state index contributed by atoms with van der Waals surface area (Å²) < 4.78 is 0. The Kier molecular flexibility index (Phi) is 5.94. The maximum absolute atomic E-state index is 9.39. The van der Waals surface area contributed by atoms with Crippen molar-refractivity contribution in [3.8, 4) is 6.07 Å². The molecule has 3 heteroatoms. The van der Waals surface area contributed by atoms with E-state index in [2.05, 4.69) is 30.1 Å². The van der Waals surface area contributed by atoms with Crippen molar-refractivity contribution in [3.05, 3.63) is 0 Å². The summed E-state index contributed by atoms with van der Waals surface area (Å²) >= 11 is 0. The third kappa shape index (κ3) is 3.43. The minimum atomic E-state index is -0.244. The van der Waals surface area contributed by atoms with E-state index in [0.717, 1.165) is 25.9 Å². The van der Waals surface area contributed by atoms with Crippen molar-refractivity contribution in [2.45, 2.75) is 51.5 Å². The van der Waals surface area contributed by atoms with Crippen molar-refractivity contribution in [1.29, 1.82) is 5.26 Å². The minimum absolute atomic E-state index is 0.244. The van der Waals surface area contributed by atoms with Crippen LogP contribution in [0, 0.1) is 17.2 Å². The van der Waals surface area contributed by atoms with Gasteiger partial charge in [0.15, 0.2) is 0 Å². The average molecular weight is 237 g/mol. The third-order valence-electron chi connectivity index (χ3n) is 4.25. The first-order valence-electron chi connectivity index (χ1n) is 7.05. The second-order valence-corrected chi connectivity index (χ2v) is 5.15. The minimum Gasteiger partial charge on any atom is -0.304 e. The SMILES string of the molecule is CCCN(CC)CCC1CCCC1(C#N)NC. The second-order valence-electron chi connectivity index (χ2n) is 5.15. The van der Waals surface area contributed by atoms with Crippen LogP contribution in [0.2, 0.25) is 0 Å². The zero-order chi connectivity index (χ0) is 12.7. The van der Waals surface area contributed by atoms with E-state index in [0.29, 0.717) is 5.92 Å². The molecule has 0 heterocycles. The van der Waals surface area contributed by atoms with Gasteiger partial charge in [0.05, 0.1) is 6.07 Å². The van der Waals surface area contributed by atoms with Gasteiger partial charge in [-0.1, -0.05) is 20.3 Å². The molecule has 1 fully saturated rings. The van der Waals surface area contributed by atoms with Gasteiger partial charge in [-0.3, -0.25) is 0 Å². The molecule has 0 aromatic carbocycles. The fourth-order valence-electron chi connectivity index (χ4n) is 3.08. The Morgan fingerprint density at radius 1 is 1.41 bits per heavy atom. The normalized spacial score (nSPS) is 28.5. The topological polar surface area (TPSA) is 39.1 Å². The van der Waals surface area contributed by atoms with Crippen LogP contribution in [0.25, 0.3) is 0 Å². The molecular formula is C14H27N3. The van der Waals surface area contributed by atoms with Crippen molar-refractivity contribution in [2.75, 3.05) is 26.7 Å². The predicted molar refractivity (Wildman–Crippen MR) is 71.8 cm³/mol. The zero-order valence-corrected chi connectivity index (χ0v) is 11.6. The Hall–Kier alpha value is -0.590. The fourth-order valence-corrected chi connectivity index (χ4v) is 3.08. The summed E-state index contributed by atoms with van der Waals surface area (Å²) in [7, 11) is 1.94. The van der Waals surface area contributed by atoms with E-state index in [-0.39, 0.29) is 5.54 Å². The van der Waals surface area contributed by atoms with E-state index >= 15 is 0 Å². The van der Waals surface area contributed by atoms with Crippen LogP contribution in [-0.2, 0) is 0 Å². The average Bonchev–Trinajstić information content (AvgIpc) is 2.78. The summed E-state index contributed by atoms with van der Waals surface area (Å²) in [6.07, 6.45) is 5.79. The molecule has 0 amide bonds. The first-order chi connectivity index (χ1) is 8.22. The van der Waals surface area contributed by atoms with Crippen LogP contribution in [0.5, 0.6) is 0 Å². The number of nitrogens with zero attached hydrogens (tertiary/aromatic N) is 2. The Bertz CT molecular complexity index is 259. The molecule has 0 aromatic heterocycles. The molecule has 1 saturated carbocycles. The molecule has 0 spiro atoms. The lowest BCUT2D eigenvalue weighted by Crippen LogP contribution is -2.45. The number of rotatable bonds is 7. The number of hydrogen-bond donors (Lipinski definition) is 1. The first kappa shape index (κ1) is 14.5. The molecule has 17 heavy (non-hydrogen) atoms. The number of hydrogen-bond acceptors (Lipinski definition) is 3. The molecule has 98 valence electrons. The summed E-state index contributed by atoms with van der Waals surface area (Å²) in [5.41, 5.74) is -0.244. The molecule has 0 aromatic rings. The van der Waals surface area contributed by atoms with Crippen LogP contribution in [-0.4, -0.2) is 37.1 Å². The summed E-state index contributed by atoms with van der Waals surface area (Å²) in [5, 5.41) is 12.7. The molecule has 1 aliphatic carbocycles. The van der Waals surface area contributed by atoms with Gasteiger partial charge in [0.25, 0.3) is 0 Å². The van der Waals surface area contributed by atoms with Crippen molar-refractivity contribution in [1.82, 2.24) is 10.2 Å². The van der Waals surface area contributed by atoms with Gasteiger partial charge in [-0.25, -0.2) is 0 Å². The van der Waals surface area contributed by atoms with E-state index in [1.54, 1.807) is 0 Å². The Labute approximate surface area is 106 Å². The Morgan fingerprint density at radius 3 is 2.71 bits per heavy atom. The van der Waals surface area contributed by atoms with Gasteiger partial charge in [0, 0.05) is 0 Å². The van der Waals surface area contributed by atoms with E-state index in [1.165, 1.54) is 25.8 Å². The van der Waals surface area contributed by atoms with Gasteiger partial charge in [-0.15, -0.1) is 0 Å². The molecule has 0 aliphatic heterocycles. The highest BCUT2D eigenvalue weighted by atomic mass is 15.1. The first-order valence-corrected chi connectivity index (χ1v) is 7.05. The van der Waals surface area contributed by atoms with Crippen LogP contribution in [0.3, 0.4) is 0 Å². The summed E-state index contributed by atoms with van der Waals surface area (Å²) in [5.74, 6) is 0.531. The molecule has 3 nitrogen and oxygen atoms in total. The lowest BCUT2D eigenvalue weighted by Gasteiger charge is -2.30. The summed E-state index contributed by atoms with van der Waals surface area (Å²) in [4.78, 5) is 2.50. The van der Waals surface area contributed by atoms with Gasteiger partial charge in [0.2, 0.25) is 0 Å². The van der Waals surface area contributed by atoms with Crippen LogP contribution >= 0.6 is 0 Å². The van der Waals surface area contributed by atoms with Crippen molar-refractivity contribution in [3.63, 3.8) is 0 Å². The van der Waals surface area contributed by atoms with E-state index in [9.17, 15) is 5.26 Å². The van der Waals surface area contributed by atoms with Crippen LogP contribution in [0.4, 0.5) is 0 Å². The Morgan fingerprint density at radius 2 is 2.18 bits per heavy atom. The highest BCUT2D eigenvalue weighted by molar-refractivity contribution is 5.13. The zero-order valence-electron chi connectivity index (χ0n) is 11.6. The van der Waals surface area contributed by atoms with Crippen LogP contribution in [0.15, 0.2) is 0 Å². The van der Waals surface area contributed by atoms with E-state index in [1.807, 2.05) is 7.05 Å². The van der Waals surface area contributed by atoms with Gasteiger partial charge in [0.1, 0.15) is 5.54 Å². The largest absolute Gasteiger partial charge is 0.304 e. The quantitative estimate of drug-likeness (QED) is 0.739. The molecule has 0 radical (unpaired) electrons. The second kappa shape index (κ2) is 6.98. The Balaban J connectivity index is 2.48. The van der Waals surface area contributed by atoms with Gasteiger partial charge >= 0.3 is 0 Å². The van der Waals surface area contributed by atoms with Crippen LogP contribution in [0.1, 0.15) is 46.0 Å². The maximum atomic E-state index is 9.39. The molecule has 2 atom stereocenters. The predicted octanol–water partition coefficient (Wildman–Crippen LogP) is 2.39. The summed E-state index contributed by atoms with van der Waals surface area (Å²) in [6.45, 7) is 7.90. The number of nitrogens with one attached hydrogen (secondary N) is 1. The van der Waals surface area contributed by atoms with Crippen molar-refractivity contribution in [2.24, 2.45) is 5.92 Å². The monoisotopic (exact) mass is 237 g/mol. The maximum Gasteiger partial charge on any atom is 0.109 e. The van der Waals surface area contributed by atoms with Crippen molar-refractivity contribution >= 4 is 0 Å². The lowest BCUT2D eigenvalue weighted by atomic mass is 9.86. The van der Waals surface area contributed by atoms with E-state index in [4.69, 9.17) is 0 Å². The molecule has 1 rings (SSSR count). The third-order valence-corrected chi connectivity index (χ3v) is 4.25. The smallest absolute Gasteiger partial charge is 0.109 e. The highest BCUT2D eigenvalue weighted by Crippen LogP contribution is 2.37. The molecule has 1 aliphatic rings. The standard InChI is InChI=1S/C14H27N3/c1-4-10-17(5-2)11-8-13-7-6-9-14(13,12-15)16-3/h13,16H,4-11H2,1-3H3. The molecular weight excluding hydrogens is 210 g/mol. The van der Waals surface area contributed by atoms with Gasteiger partial charge in [-0.2, -0.15) is 5.26 Å². The molecule has 1 N–H and O–H groups in total. The summed E-state index contributed by atoms with van der Waals surface area (Å²) in [6, 6.07) is 2.52. The molecule has 2 unspecified atom stereocenters. The highest BCUT2D eigenvalue weighted by Gasteiger charge is 2.41. The fraction of sp³-hybridized carbons (Fsp3) is 0.929. The van der Waals surface area contributed by atoms with Gasteiger partial charge in [-0.05, 0) is 58.3 Å². The van der Waals surface area contributed by atoms with Gasteiger partial charge < -0.3 is 10.2 Å².